The summed E-state index contributed by atoms with van der Waals surface area (Å²) in [7, 11) is -2.26. The Labute approximate surface area is 189 Å². The molecule has 0 bridgehead atoms. The Morgan fingerprint density at radius 1 is 0.600 bits per heavy atom. The third-order valence-electron chi connectivity index (χ3n) is 5.82. The van der Waals surface area contributed by atoms with Gasteiger partial charge in [-0.15, -0.1) is 0 Å². The smallest absolute Gasteiger partial charge is 0.296 e. The number of hydrogen-bond acceptors (Lipinski definition) is 3. The molecule has 1 aromatic rings. The van der Waals surface area contributed by atoms with Crippen LogP contribution in [-0.2, 0) is 0 Å². The Morgan fingerprint density at radius 3 is 1.13 bits per heavy atom. The van der Waals surface area contributed by atoms with Crippen LogP contribution in [0.1, 0.15) is 85.6 Å². The van der Waals surface area contributed by atoms with E-state index in [9.17, 15) is 0 Å². The molecule has 0 saturated carbocycles. The van der Waals surface area contributed by atoms with Gasteiger partial charge in [-0.1, -0.05) is 78.5 Å². The molecule has 0 spiro atoms. The number of benzene rings is 1. The molecule has 4 heteroatoms. The SMILES string of the molecule is C=Cc1ccc([Si](N(CCC)CCC)(N(CCC)CCC)N(CCC)CCC)cc1. The molecule has 0 fully saturated rings. The van der Waals surface area contributed by atoms with Crippen LogP contribution in [0.15, 0.2) is 30.8 Å². The van der Waals surface area contributed by atoms with E-state index in [0.717, 1.165) is 0 Å². The molecule has 172 valence electrons. The van der Waals surface area contributed by atoms with Crippen LogP contribution >= 0.6 is 0 Å². The molecule has 0 amide bonds. The highest BCUT2D eigenvalue weighted by molar-refractivity contribution is 6.84. The van der Waals surface area contributed by atoms with Crippen molar-refractivity contribution in [3.8, 4) is 0 Å². The van der Waals surface area contributed by atoms with Crippen molar-refractivity contribution >= 4 is 19.8 Å². The molecule has 0 aliphatic carbocycles. The first-order valence-electron chi connectivity index (χ1n) is 12.6. The van der Waals surface area contributed by atoms with Gasteiger partial charge in [-0.05, 0) is 88.5 Å². The van der Waals surface area contributed by atoms with Crippen LogP contribution in [0.3, 0.4) is 0 Å². The second kappa shape index (κ2) is 15.0. The Balaban J connectivity index is 3.84. The molecule has 1 rings (SSSR count). The Bertz CT molecular complexity index is 513. The van der Waals surface area contributed by atoms with Gasteiger partial charge in [0.25, 0.3) is 0 Å². The van der Waals surface area contributed by atoms with E-state index in [1.54, 1.807) is 5.19 Å². The standard InChI is InChI=1S/C26H49N3Si/c1-8-19-27(20-9-2)30(28(21-10-3)22-11-4,29(23-12-5)24-13-6)26-17-15-25(14-7)16-18-26/h14-18H,7-13,19-24H2,1-6H3. The van der Waals surface area contributed by atoms with Crippen LogP contribution in [0.25, 0.3) is 6.08 Å². The van der Waals surface area contributed by atoms with Gasteiger partial charge in [-0.3, -0.25) is 13.7 Å². The molecule has 0 aromatic heterocycles. The molecule has 0 radical (unpaired) electrons. The molecule has 30 heavy (non-hydrogen) atoms. The number of rotatable bonds is 17. The van der Waals surface area contributed by atoms with Gasteiger partial charge in [0.2, 0.25) is 0 Å². The third kappa shape index (κ3) is 6.53. The van der Waals surface area contributed by atoms with Crippen molar-refractivity contribution < 1.29 is 0 Å². The van der Waals surface area contributed by atoms with Crippen LogP contribution in [0, 0.1) is 0 Å². The summed E-state index contributed by atoms with van der Waals surface area (Å²) in [6, 6.07) is 9.43. The van der Waals surface area contributed by atoms with Gasteiger partial charge in [0.05, 0.1) is 0 Å². The average molecular weight is 432 g/mol. The molecular weight excluding hydrogens is 382 g/mol. The van der Waals surface area contributed by atoms with Crippen LogP contribution < -0.4 is 5.19 Å². The molecular formula is C26H49N3Si. The fourth-order valence-corrected chi connectivity index (χ4v) is 11.0. The fourth-order valence-electron chi connectivity index (χ4n) is 4.88. The predicted octanol–water partition coefficient (Wildman–Crippen LogP) is 5.84. The Morgan fingerprint density at radius 2 is 0.900 bits per heavy atom. The molecule has 0 unspecified atom stereocenters. The monoisotopic (exact) mass is 431 g/mol. The van der Waals surface area contributed by atoms with Crippen molar-refractivity contribution in [2.24, 2.45) is 0 Å². The molecule has 0 atom stereocenters. The average Bonchev–Trinajstić information content (AvgIpc) is 2.75. The lowest BCUT2D eigenvalue weighted by Gasteiger charge is -2.54. The summed E-state index contributed by atoms with van der Waals surface area (Å²) in [6.45, 7) is 25.1. The summed E-state index contributed by atoms with van der Waals surface area (Å²) in [5.41, 5.74) is 1.22. The first-order valence-corrected chi connectivity index (χ1v) is 14.4. The lowest BCUT2D eigenvalue weighted by molar-refractivity contribution is 0.244. The van der Waals surface area contributed by atoms with Gasteiger partial charge < -0.3 is 0 Å². The van der Waals surface area contributed by atoms with Crippen LogP contribution in [-0.4, -0.2) is 61.5 Å². The summed E-state index contributed by atoms with van der Waals surface area (Å²) >= 11 is 0. The molecule has 0 N–H and O–H groups in total. The summed E-state index contributed by atoms with van der Waals surface area (Å²) < 4.78 is 8.77. The lowest BCUT2D eigenvalue weighted by atomic mass is 10.2. The molecule has 0 saturated heterocycles. The zero-order chi connectivity index (χ0) is 22.4. The van der Waals surface area contributed by atoms with Crippen LogP contribution in [0.5, 0.6) is 0 Å². The Kier molecular flexibility index (Phi) is 13.5. The largest absolute Gasteiger partial charge is 0.323 e. The zero-order valence-electron chi connectivity index (χ0n) is 20.9. The maximum atomic E-state index is 3.98. The van der Waals surface area contributed by atoms with E-state index in [2.05, 4.69) is 86.1 Å². The van der Waals surface area contributed by atoms with E-state index in [-0.39, 0.29) is 0 Å². The molecule has 3 nitrogen and oxygen atoms in total. The van der Waals surface area contributed by atoms with Crippen LogP contribution in [0.2, 0.25) is 0 Å². The van der Waals surface area contributed by atoms with Crippen molar-refractivity contribution in [1.82, 2.24) is 13.7 Å². The molecule has 0 aliphatic rings. The highest BCUT2D eigenvalue weighted by atomic mass is 28.4. The highest BCUT2D eigenvalue weighted by Gasteiger charge is 2.51. The maximum absolute atomic E-state index is 3.98. The van der Waals surface area contributed by atoms with Gasteiger partial charge >= 0.3 is 8.56 Å². The second-order valence-corrected chi connectivity index (χ2v) is 12.2. The molecule has 1 aromatic carbocycles. The topological polar surface area (TPSA) is 9.72 Å². The molecule has 0 heterocycles. The fraction of sp³-hybridized carbons (Fsp3) is 0.692. The van der Waals surface area contributed by atoms with Crippen molar-refractivity contribution in [2.75, 3.05) is 39.3 Å². The highest BCUT2D eigenvalue weighted by Crippen LogP contribution is 2.25. The zero-order valence-corrected chi connectivity index (χ0v) is 21.9. The summed E-state index contributed by atoms with van der Waals surface area (Å²) in [5, 5.41) is 1.55. The van der Waals surface area contributed by atoms with Crippen molar-refractivity contribution in [1.29, 1.82) is 0 Å². The third-order valence-corrected chi connectivity index (χ3v) is 10.9. The van der Waals surface area contributed by atoms with Gasteiger partial charge in [-0.25, -0.2) is 0 Å². The van der Waals surface area contributed by atoms with E-state index in [0.29, 0.717) is 0 Å². The minimum atomic E-state index is -2.26. The first-order chi connectivity index (χ1) is 14.6. The lowest BCUT2D eigenvalue weighted by Crippen LogP contribution is -2.81. The number of hydrogen-bond donors (Lipinski definition) is 0. The molecule has 0 aliphatic heterocycles. The van der Waals surface area contributed by atoms with Gasteiger partial charge in [0.1, 0.15) is 0 Å². The normalized spacial score (nSPS) is 12.3. The van der Waals surface area contributed by atoms with Gasteiger partial charge in [0, 0.05) is 0 Å². The minimum absolute atomic E-state index is 1.18. The van der Waals surface area contributed by atoms with Crippen molar-refractivity contribution in [2.45, 2.75) is 80.1 Å². The van der Waals surface area contributed by atoms with E-state index >= 15 is 0 Å². The van der Waals surface area contributed by atoms with Crippen molar-refractivity contribution in [3.05, 3.63) is 36.4 Å². The van der Waals surface area contributed by atoms with Gasteiger partial charge in [0.15, 0.2) is 0 Å². The quantitative estimate of drug-likeness (QED) is 0.287. The van der Waals surface area contributed by atoms with Gasteiger partial charge in [-0.2, -0.15) is 0 Å². The number of nitrogens with zero attached hydrogens (tertiary/aromatic N) is 3. The Hall–Kier alpha value is -0.943. The summed E-state index contributed by atoms with van der Waals surface area (Å²) in [6.07, 6.45) is 9.20. The predicted molar refractivity (Wildman–Crippen MR) is 138 cm³/mol. The second-order valence-electron chi connectivity index (χ2n) is 8.42. The summed E-state index contributed by atoms with van der Waals surface area (Å²) in [4.78, 5) is 0. The van der Waals surface area contributed by atoms with Crippen LogP contribution in [0.4, 0.5) is 0 Å². The minimum Gasteiger partial charge on any atom is -0.296 e. The van der Waals surface area contributed by atoms with Crippen molar-refractivity contribution in [3.63, 3.8) is 0 Å². The summed E-state index contributed by atoms with van der Waals surface area (Å²) in [5.74, 6) is 0. The van der Waals surface area contributed by atoms with E-state index in [1.165, 1.54) is 83.4 Å². The van der Waals surface area contributed by atoms with E-state index in [1.807, 2.05) is 6.08 Å². The first kappa shape index (κ1) is 27.1. The maximum Gasteiger partial charge on any atom is 0.323 e. The van der Waals surface area contributed by atoms with E-state index < -0.39 is 8.56 Å². The van der Waals surface area contributed by atoms with E-state index in [4.69, 9.17) is 0 Å².